The number of nitrogens with one attached hydrogen (secondary N) is 1. The Kier molecular flexibility index (Phi) is 5.83. The number of carbonyl (C=O) groups is 1. The lowest BCUT2D eigenvalue weighted by atomic mass is 10.1. The van der Waals surface area contributed by atoms with Gasteiger partial charge in [0.1, 0.15) is 0 Å². The van der Waals surface area contributed by atoms with Crippen molar-refractivity contribution in [2.45, 2.75) is 31.5 Å². The van der Waals surface area contributed by atoms with Crippen molar-refractivity contribution in [3.8, 4) is 0 Å². The number of amides is 1. The van der Waals surface area contributed by atoms with Gasteiger partial charge in [-0.15, -0.1) is 21.5 Å². The smallest absolute Gasteiger partial charge is 0.277 e. The molecule has 25 heavy (non-hydrogen) atoms. The topological polar surface area (TPSA) is 80.9 Å². The average molecular weight is 374 g/mol. The molecule has 0 fully saturated rings. The standard InChI is InChI=1S/C17H18N4O2S2/c1-11(13-6-4-3-5-7-13)18-15(22)10-25-17-21-20-16(23-17)8-14-9-24-12(2)19-14/h3-7,9,11H,8,10H2,1-2H3,(H,18,22). The minimum atomic E-state index is -0.0729. The highest BCUT2D eigenvalue weighted by molar-refractivity contribution is 7.99. The lowest BCUT2D eigenvalue weighted by Crippen LogP contribution is -2.28. The van der Waals surface area contributed by atoms with Gasteiger partial charge in [0.25, 0.3) is 5.22 Å². The molecule has 1 aromatic carbocycles. The van der Waals surface area contributed by atoms with Gasteiger partial charge in [-0.2, -0.15) is 0 Å². The van der Waals surface area contributed by atoms with Gasteiger partial charge in [0.05, 0.1) is 28.9 Å². The van der Waals surface area contributed by atoms with E-state index in [0.717, 1.165) is 16.3 Å². The Labute approximate surface area is 154 Å². The summed E-state index contributed by atoms with van der Waals surface area (Å²) >= 11 is 2.82. The quantitative estimate of drug-likeness (QED) is 0.639. The first-order valence-electron chi connectivity index (χ1n) is 7.80. The molecule has 0 aliphatic rings. The number of nitrogens with zero attached hydrogens (tertiary/aromatic N) is 3. The molecule has 0 radical (unpaired) electrons. The van der Waals surface area contributed by atoms with Crippen LogP contribution in [0.5, 0.6) is 0 Å². The van der Waals surface area contributed by atoms with Crippen LogP contribution in [0.25, 0.3) is 0 Å². The molecule has 3 rings (SSSR count). The first-order valence-corrected chi connectivity index (χ1v) is 9.67. The number of aryl methyl sites for hydroxylation is 1. The van der Waals surface area contributed by atoms with Gasteiger partial charge in [0, 0.05) is 5.38 Å². The summed E-state index contributed by atoms with van der Waals surface area (Å²) in [5, 5.41) is 14.3. The van der Waals surface area contributed by atoms with Crippen molar-refractivity contribution >= 4 is 29.0 Å². The predicted molar refractivity (Wildman–Crippen MR) is 97.7 cm³/mol. The summed E-state index contributed by atoms with van der Waals surface area (Å²) in [7, 11) is 0. The fraction of sp³-hybridized carbons (Fsp3) is 0.294. The van der Waals surface area contributed by atoms with Gasteiger partial charge in [0.15, 0.2) is 0 Å². The van der Waals surface area contributed by atoms with Crippen molar-refractivity contribution in [3.63, 3.8) is 0 Å². The minimum Gasteiger partial charge on any atom is -0.416 e. The number of rotatable bonds is 7. The number of hydrogen-bond donors (Lipinski definition) is 1. The number of benzene rings is 1. The molecule has 0 spiro atoms. The van der Waals surface area contributed by atoms with Crippen LogP contribution in [0.3, 0.4) is 0 Å². The van der Waals surface area contributed by atoms with E-state index in [1.165, 1.54) is 11.8 Å². The van der Waals surface area contributed by atoms with Gasteiger partial charge in [-0.25, -0.2) is 4.98 Å². The number of carbonyl (C=O) groups excluding carboxylic acids is 1. The van der Waals surface area contributed by atoms with E-state index >= 15 is 0 Å². The molecular formula is C17H18N4O2S2. The third-order valence-electron chi connectivity index (χ3n) is 3.45. The summed E-state index contributed by atoms with van der Waals surface area (Å²) in [5.74, 6) is 0.663. The largest absolute Gasteiger partial charge is 0.416 e. The van der Waals surface area contributed by atoms with Crippen LogP contribution in [0.1, 0.15) is 35.1 Å². The van der Waals surface area contributed by atoms with Crippen molar-refractivity contribution in [2.24, 2.45) is 0 Å². The summed E-state index contributed by atoms with van der Waals surface area (Å²) in [6.07, 6.45) is 0.509. The number of thioether (sulfide) groups is 1. The molecule has 3 aromatic rings. The zero-order valence-electron chi connectivity index (χ0n) is 13.9. The van der Waals surface area contributed by atoms with Crippen molar-refractivity contribution in [1.82, 2.24) is 20.5 Å². The second kappa shape index (κ2) is 8.26. The van der Waals surface area contributed by atoms with E-state index in [1.807, 2.05) is 49.6 Å². The monoisotopic (exact) mass is 374 g/mol. The van der Waals surface area contributed by atoms with E-state index < -0.39 is 0 Å². The average Bonchev–Trinajstić information content (AvgIpc) is 3.23. The normalized spacial score (nSPS) is 12.1. The van der Waals surface area contributed by atoms with Crippen LogP contribution in [-0.2, 0) is 11.2 Å². The lowest BCUT2D eigenvalue weighted by molar-refractivity contribution is -0.119. The van der Waals surface area contributed by atoms with Gasteiger partial charge in [-0.1, -0.05) is 42.1 Å². The number of hydrogen-bond acceptors (Lipinski definition) is 7. The molecule has 8 heteroatoms. The van der Waals surface area contributed by atoms with Crippen LogP contribution < -0.4 is 5.32 Å². The molecule has 2 heterocycles. The lowest BCUT2D eigenvalue weighted by Gasteiger charge is -2.13. The SMILES string of the molecule is Cc1nc(Cc2nnc(SCC(=O)NC(C)c3ccccc3)o2)cs1. The second-order valence-corrected chi connectivity index (χ2v) is 7.47. The summed E-state index contributed by atoms with van der Waals surface area (Å²) in [4.78, 5) is 16.4. The van der Waals surface area contributed by atoms with Crippen LogP contribution in [0.15, 0.2) is 45.4 Å². The maximum absolute atomic E-state index is 12.1. The first-order chi connectivity index (χ1) is 12.1. The van der Waals surface area contributed by atoms with E-state index in [4.69, 9.17) is 4.42 Å². The Morgan fingerprint density at radius 1 is 1.32 bits per heavy atom. The molecule has 0 saturated heterocycles. The summed E-state index contributed by atoms with van der Waals surface area (Å²) in [5.41, 5.74) is 1.98. The second-order valence-electron chi connectivity index (χ2n) is 5.48. The van der Waals surface area contributed by atoms with Crippen molar-refractivity contribution < 1.29 is 9.21 Å². The highest BCUT2D eigenvalue weighted by Gasteiger charge is 2.13. The van der Waals surface area contributed by atoms with Crippen LogP contribution in [0, 0.1) is 6.92 Å². The third-order valence-corrected chi connectivity index (χ3v) is 5.09. The Morgan fingerprint density at radius 3 is 2.84 bits per heavy atom. The van der Waals surface area contributed by atoms with Crippen LogP contribution >= 0.6 is 23.1 Å². The van der Waals surface area contributed by atoms with Gasteiger partial charge in [0.2, 0.25) is 11.8 Å². The molecular weight excluding hydrogens is 356 g/mol. The fourth-order valence-electron chi connectivity index (χ4n) is 2.25. The van der Waals surface area contributed by atoms with Crippen LogP contribution in [0.4, 0.5) is 0 Å². The van der Waals surface area contributed by atoms with Crippen molar-refractivity contribution in [1.29, 1.82) is 0 Å². The highest BCUT2D eigenvalue weighted by Crippen LogP contribution is 2.19. The fourth-order valence-corrected chi connectivity index (χ4v) is 3.45. The summed E-state index contributed by atoms with van der Waals surface area (Å²) in [6.45, 7) is 3.91. The number of aromatic nitrogens is 3. The van der Waals surface area contributed by atoms with Gasteiger partial charge < -0.3 is 9.73 Å². The molecule has 0 aliphatic carbocycles. The minimum absolute atomic E-state index is 0.0412. The molecule has 0 bridgehead atoms. The van der Waals surface area contributed by atoms with E-state index in [2.05, 4.69) is 20.5 Å². The van der Waals surface area contributed by atoms with E-state index in [0.29, 0.717) is 17.5 Å². The first kappa shape index (κ1) is 17.6. The molecule has 2 aromatic heterocycles. The maximum Gasteiger partial charge on any atom is 0.277 e. The van der Waals surface area contributed by atoms with Crippen molar-refractivity contribution in [3.05, 3.63) is 57.9 Å². The van der Waals surface area contributed by atoms with Gasteiger partial charge >= 0.3 is 0 Å². The zero-order chi connectivity index (χ0) is 17.6. The summed E-state index contributed by atoms with van der Waals surface area (Å²) in [6, 6.07) is 9.80. The predicted octanol–water partition coefficient (Wildman–Crippen LogP) is 3.39. The Bertz CT molecular complexity index is 832. The van der Waals surface area contributed by atoms with E-state index in [1.54, 1.807) is 11.3 Å². The molecule has 1 atom stereocenters. The van der Waals surface area contributed by atoms with Gasteiger partial charge in [-0.3, -0.25) is 4.79 Å². The molecule has 1 unspecified atom stereocenters. The Balaban J connectivity index is 1.47. The van der Waals surface area contributed by atoms with E-state index in [-0.39, 0.29) is 17.7 Å². The molecule has 1 N–H and O–H groups in total. The highest BCUT2D eigenvalue weighted by atomic mass is 32.2. The summed E-state index contributed by atoms with van der Waals surface area (Å²) < 4.78 is 5.56. The van der Waals surface area contributed by atoms with Crippen LogP contribution in [0.2, 0.25) is 0 Å². The third kappa shape index (κ3) is 5.14. The molecule has 0 saturated carbocycles. The van der Waals surface area contributed by atoms with E-state index in [9.17, 15) is 4.79 Å². The zero-order valence-corrected chi connectivity index (χ0v) is 15.6. The molecule has 6 nitrogen and oxygen atoms in total. The molecule has 1 amide bonds. The Hall–Kier alpha value is -2.19. The maximum atomic E-state index is 12.1. The number of thiazole rings is 1. The van der Waals surface area contributed by atoms with Crippen LogP contribution in [-0.4, -0.2) is 26.8 Å². The van der Waals surface area contributed by atoms with Crippen molar-refractivity contribution in [2.75, 3.05) is 5.75 Å². The molecule has 130 valence electrons. The molecule has 0 aliphatic heterocycles. The van der Waals surface area contributed by atoms with Gasteiger partial charge in [-0.05, 0) is 19.4 Å². The Morgan fingerprint density at radius 2 is 2.12 bits per heavy atom.